The molecule has 1 aromatic heterocycles. The van der Waals surface area contributed by atoms with E-state index in [1.807, 2.05) is 73.0 Å². The van der Waals surface area contributed by atoms with Gasteiger partial charge in [0.2, 0.25) is 5.16 Å². The number of benzene rings is 3. The van der Waals surface area contributed by atoms with Crippen molar-refractivity contribution in [3.8, 4) is 11.5 Å². The molecule has 7 heteroatoms. The van der Waals surface area contributed by atoms with Crippen LogP contribution in [0.4, 0.5) is 0 Å². The maximum atomic E-state index is 5.94. The summed E-state index contributed by atoms with van der Waals surface area (Å²) in [6, 6.07) is 26.0. The summed E-state index contributed by atoms with van der Waals surface area (Å²) in [5, 5.41) is 14.0. The lowest BCUT2D eigenvalue weighted by atomic mass is 10.1. The Bertz CT molecular complexity index is 1180. The topological polar surface area (TPSA) is 61.5 Å². The molecule has 0 saturated heterocycles. The molecular weight excluding hydrogens is 420 g/mol. The molecule has 4 rings (SSSR count). The third-order valence-electron chi connectivity index (χ3n) is 4.81. The van der Waals surface area contributed by atoms with E-state index in [1.165, 1.54) is 11.8 Å². The van der Waals surface area contributed by atoms with Crippen molar-refractivity contribution < 1.29 is 9.47 Å². The second-order valence-corrected chi connectivity index (χ2v) is 7.78. The lowest BCUT2D eigenvalue weighted by Gasteiger charge is -2.11. The fourth-order valence-electron chi connectivity index (χ4n) is 3.17. The molecule has 3 aromatic carbocycles. The zero-order valence-corrected chi connectivity index (χ0v) is 18.8. The van der Waals surface area contributed by atoms with Gasteiger partial charge in [0.1, 0.15) is 6.61 Å². The molecule has 6 nitrogen and oxygen atoms in total. The Morgan fingerprint density at radius 3 is 2.31 bits per heavy atom. The smallest absolute Gasteiger partial charge is 0.211 e. The van der Waals surface area contributed by atoms with Crippen molar-refractivity contribution in [1.82, 2.24) is 14.9 Å². The number of hydrogen-bond acceptors (Lipinski definition) is 6. The van der Waals surface area contributed by atoms with E-state index in [0.29, 0.717) is 24.5 Å². The predicted octanol–water partition coefficient (Wildman–Crippen LogP) is 5.06. The summed E-state index contributed by atoms with van der Waals surface area (Å²) in [6.45, 7) is 0.477. The predicted molar refractivity (Wildman–Crippen MR) is 128 cm³/mol. The molecule has 0 saturated carbocycles. The third kappa shape index (κ3) is 5.36. The van der Waals surface area contributed by atoms with Gasteiger partial charge in [-0.05, 0) is 41.1 Å². The van der Waals surface area contributed by atoms with Crippen molar-refractivity contribution in [2.24, 2.45) is 5.10 Å². The van der Waals surface area contributed by atoms with E-state index in [0.717, 1.165) is 27.7 Å². The number of nitrogens with zero attached hydrogens (tertiary/aromatic N) is 4. The van der Waals surface area contributed by atoms with E-state index in [4.69, 9.17) is 9.47 Å². The summed E-state index contributed by atoms with van der Waals surface area (Å²) in [4.78, 5) is 0. The number of thioether (sulfide) groups is 1. The van der Waals surface area contributed by atoms with Crippen LogP contribution in [0.3, 0.4) is 0 Å². The molecule has 0 aliphatic heterocycles. The Hall–Kier alpha value is -3.58. The average Bonchev–Trinajstić information content (AvgIpc) is 3.24. The molecule has 0 atom stereocenters. The van der Waals surface area contributed by atoms with Crippen molar-refractivity contribution >= 4 is 18.0 Å². The minimum atomic E-state index is 0.477. The number of methoxy groups -OCH3 is 1. The van der Waals surface area contributed by atoms with E-state index in [9.17, 15) is 0 Å². The zero-order chi connectivity index (χ0) is 22.2. The minimum Gasteiger partial charge on any atom is -0.493 e. The highest BCUT2D eigenvalue weighted by atomic mass is 32.2. The van der Waals surface area contributed by atoms with Crippen molar-refractivity contribution in [2.45, 2.75) is 18.2 Å². The van der Waals surface area contributed by atoms with Gasteiger partial charge in [0, 0.05) is 6.42 Å². The first kappa shape index (κ1) is 21.6. The Balaban J connectivity index is 1.52. The van der Waals surface area contributed by atoms with Crippen LogP contribution in [0.2, 0.25) is 0 Å². The van der Waals surface area contributed by atoms with Crippen LogP contribution in [0.15, 0.2) is 89.1 Å². The first-order valence-corrected chi connectivity index (χ1v) is 11.4. The number of rotatable bonds is 9. The SMILES string of the molecule is COc1cc(/C=N\n2c(Cc3ccccc3)nnc2SC)ccc1OCc1ccccc1. The van der Waals surface area contributed by atoms with E-state index >= 15 is 0 Å². The summed E-state index contributed by atoms with van der Waals surface area (Å²) in [7, 11) is 1.63. The van der Waals surface area contributed by atoms with Gasteiger partial charge in [0.15, 0.2) is 17.3 Å². The van der Waals surface area contributed by atoms with Gasteiger partial charge in [-0.25, -0.2) is 0 Å². The van der Waals surface area contributed by atoms with Crippen molar-refractivity contribution in [3.63, 3.8) is 0 Å². The van der Waals surface area contributed by atoms with Crippen molar-refractivity contribution in [1.29, 1.82) is 0 Å². The normalized spacial score (nSPS) is 11.1. The van der Waals surface area contributed by atoms with Gasteiger partial charge in [-0.1, -0.05) is 72.4 Å². The molecule has 0 amide bonds. The van der Waals surface area contributed by atoms with Gasteiger partial charge in [0.05, 0.1) is 13.3 Å². The molecule has 0 unspecified atom stereocenters. The van der Waals surface area contributed by atoms with E-state index in [2.05, 4.69) is 27.4 Å². The minimum absolute atomic E-state index is 0.477. The first-order chi connectivity index (χ1) is 15.8. The molecule has 0 bridgehead atoms. The van der Waals surface area contributed by atoms with Crippen molar-refractivity contribution in [2.75, 3.05) is 13.4 Å². The van der Waals surface area contributed by atoms with Gasteiger partial charge in [-0.3, -0.25) is 0 Å². The van der Waals surface area contributed by atoms with Crippen LogP contribution in [0.1, 0.15) is 22.5 Å². The lowest BCUT2D eigenvalue weighted by molar-refractivity contribution is 0.284. The Kier molecular flexibility index (Phi) is 7.19. The highest BCUT2D eigenvalue weighted by molar-refractivity contribution is 7.98. The van der Waals surface area contributed by atoms with E-state index < -0.39 is 0 Å². The summed E-state index contributed by atoms with van der Waals surface area (Å²) >= 11 is 1.51. The molecule has 0 aliphatic rings. The van der Waals surface area contributed by atoms with Crippen LogP contribution in [0, 0.1) is 0 Å². The van der Waals surface area contributed by atoms with Gasteiger partial charge in [0.25, 0.3) is 0 Å². The standard InChI is InChI=1S/C25H24N4O2S/c1-30-23-15-21(13-14-22(23)31-18-20-11-7-4-8-12-20)17-26-29-24(27-28-25(29)32-2)16-19-9-5-3-6-10-19/h3-15,17H,16,18H2,1-2H3/b26-17-. The quantitative estimate of drug-likeness (QED) is 0.267. The molecule has 162 valence electrons. The van der Waals surface area contributed by atoms with Crippen LogP contribution in [0.25, 0.3) is 0 Å². The third-order valence-corrected chi connectivity index (χ3v) is 5.43. The van der Waals surface area contributed by atoms with Crippen LogP contribution < -0.4 is 9.47 Å². The molecule has 0 N–H and O–H groups in total. The second kappa shape index (κ2) is 10.6. The summed E-state index contributed by atoms with van der Waals surface area (Å²) in [6.07, 6.45) is 4.40. The van der Waals surface area contributed by atoms with Gasteiger partial charge in [-0.15, -0.1) is 10.2 Å². The Labute approximate surface area is 191 Å². The van der Waals surface area contributed by atoms with Crippen molar-refractivity contribution in [3.05, 3.63) is 101 Å². The molecule has 0 aliphatic carbocycles. The largest absolute Gasteiger partial charge is 0.493 e. The second-order valence-electron chi connectivity index (χ2n) is 7.01. The molecule has 4 aromatic rings. The molecular formula is C25H24N4O2S. The van der Waals surface area contributed by atoms with Gasteiger partial charge in [-0.2, -0.15) is 9.78 Å². The zero-order valence-electron chi connectivity index (χ0n) is 18.0. The highest BCUT2D eigenvalue weighted by Crippen LogP contribution is 2.28. The van der Waals surface area contributed by atoms with Crippen LogP contribution in [-0.2, 0) is 13.0 Å². The fraction of sp³-hybridized carbons (Fsp3) is 0.160. The summed E-state index contributed by atoms with van der Waals surface area (Å²) < 4.78 is 13.3. The number of aromatic nitrogens is 3. The molecule has 0 radical (unpaired) electrons. The van der Waals surface area contributed by atoms with E-state index in [-0.39, 0.29) is 0 Å². The van der Waals surface area contributed by atoms with Gasteiger partial charge < -0.3 is 9.47 Å². The van der Waals surface area contributed by atoms with Crippen LogP contribution in [0.5, 0.6) is 11.5 Å². The average molecular weight is 445 g/mol. The fourth-order valence-corrected chi connectivity index (χ4v) is 3.62. The first-order valence-electron chi connectivity index (χ1n) is 10.2. The molecule has 1 heterocycles. The number of ether oxygens (including phenoxy) is 2. The summed E-state index contributed by atoms with van der Waals surface area (Å²) in [5.74, 6) is 2.13. The molecule has 32 heavy (non-hydrogen) atoms. The Morgan fingerprint density at radius 2 is 1.62 bits per heavy atom. The molecule has 0 spiro atoms. The maximum Gasteiger partial charge on any atom is 0.211 e. The van der Waals surface area contributed by atoms with E-state index in [1.54, 1.807) is 18.0 Å². The monoisotopic (exact) mass is 444 g/mol. The molecule has 0 fully saturated rings. The summed E-state index contributed by atoms with van der Waals surface area (Å²) in [5.41, 5.74) is 3.15. The Morgan fingerprint density at radius 1 is 0.906 bits per heavy atom. The highest BCUT2D eigenvalue weighted by Gasteiger charge is 2.11. The van der Waals surface area contributed by atoms with Gasteiger partial charge >= 0.3 is 0 Å². The lowest BCUT2D eigenvalue weighted by Crippen LogP contribution is -2.02. The van der Waals surface area contributed by atoms with Crippen LogP contribution >= 0.6 is 11.8 Å². The van der Waals surface area contributed by atoms with Crippen LogP contribution in [-0.4, -0.2) is 34.5 Å². The maximum absolute atomic E-state index is 5.94. The number of hydrogen-bond donors (Lipinski definition) is 0.